The molecular formula is C14H12ClFN2O2. The Bertz CT molecular complexity index is 806. The van der Waals surface area contributed by atoms with Gasteiger partial charge in [0.2, 0.25) is 0 Å². The van der Waals surface area contributed by atoms with Crippen molar-refractivity contribution in [3.63, 3.8) is 0 Å². The molecule has 4 nitrogen and oxygen atoms in total. The Balaban J connectivity index is 2.32. The lowest BCUT2D eigenvalue weighted by molar-refractivity contribution is 0.487. The number of nitrogens with one attached hydrogen (secondary N) is 1. The van der Waals surface area contributed by atoms with E-state index in [4.69, 9.17) is 11.6 Å². The average molecular weight is 295 g/mol. The molecule has 1 saturated carbocycles. The monoisotopic (exact) mass is 294 g/mol. The molecule has 1 heterocycles. The second-order valence-electron chi connectivity index (χ2n) is 5.27. The molecule has 1 aromatic carbocycles. The first kappa shape index (κ1) is 13.1. The van der Waals surface area contributed by atoms with Gasteiger partial charge in [-0.25, -0.2) is 9.18 Å². The highest BCUT2D eigenvalue weighted by atomic mass is 35.5. The van der Waals surface area contributed by atoms with Crippen LogP contribution in [0.4, 0.5) is 4.39 Å². The number of nitrogens with zero attached hydrogens (tertiary/aromatic N) is 1. The Kier molecular flexibility index (Phi) is 2.83. The van der Waals surface area contributed by atoms with Gasteiger partial charge < -0.3 is 0 Å². The summed E-state index contributed by atoms with van der Waals surface area (Å²) in [6.07, 6.45) is 1.53. The van der Waals surface area contributed by atoms with Gasteiger partial charge in [0.1, 0.15) is 11.0 Å². The zero-order valence-electron chi connectivity index (χ0n) is 10.7. The number of H-pyrrole nitrogens is 1. The average Bonchev–Trinajstić information content (AvgIpc) is 3.07. The number of hydrogen-bond acceptors (Lipinski definition) is 2. The molecule has 0 bridgehead atoms. The summed E-state index contributed by atoms with van der Waals surface area (Å²) in [4.78, 5) is 27.0. The Morgan fingerprint density at radius 1 is 1.35 bits per heavy atom. The quantitative estimate of drug-likeness (QED) is 0.865. The molecule has 2 aromatic rings. The van der Waals surface area contributed by atoms with Gasteiger partial charge in [0.05, 0.1) is 11.1 Å². The molecule has 104 valence electrons. The van der Waals surface area contributed by atoms with E-state index < -0.39 is 22.6 Å². The first-order valence-electron chi connectivity index (χ1n) is 6.24. The van der Waals surface area contributed by atoms with Gasteiger partial charge in [0, 0.05) is 0 Å². The van der Waals surface area contributed by atoms with Gasteiger partial charge >= 0.3 is 5.69 Å². The summed E-state index contributed by atoms with van der Waals surface area (Å²) in [7, 11) is 0. The molecule has 1 aliphatic rings. The van der Waals surface area contributed by atoms with Crippen LogP contribution in [0, 0.1) is 5.82 Å². The van der Waals surface area contributed by atoms with Gasteiger partial charge in [0.25, 0.3) is 5.56 Å². The van der Waals surface area contributed by atoms with E-state index in [0.717, 1.165) is 12.8 Å². The molecule has 0 aliphatic heterocycles. The third-order valence-electron chi connectivity index (χ3n) is 3.68. The van der Waals surface area contributed by atoms with Crippen molar-refractivity contribution in [3.05, 3.63) is 56.1 Å². The van der Waals surface area contributed by atoms with Crippen LogP contribution in [0.1, 0.15) is 19.8 Å². The zero-order valence-corrected chi connectivity index (χ0v) is 11.5. The van der Waals surface area contributed by atoms with Crippen molar-refractivity contribution >= 4 is 11.6 Å². The topological polar surface area (TPSA) is 54.9 Å². The zero-order chi connectivity index (χ0) is 14.5. The van der Waals surface area contributed by atoms with Crippen molar-refractivity contribution in [2.24, 2.45) is 0 Å². The van der Waals surface area contributed by atoms with Gasteiger partial charge in [0.15, 0.2) is 0 Å². The van der Waals surface area contributed by atoms with Crippen LogP contribution in [-0.4, -0.2) is 9.55 Å². The molecule has 1 N–H and O–H groups in total. The maximum atomic E-state index is 13.3. The van der Waals surface area contributed by atoms with E-state index in [0.29, 0.717) is 5.56 Å². The van der Waals surface area contributed by atoms with E-state index in [9.17, 15) is 14.0 Å². The van der Waals surface area contributed by atoms with Gasteiger partial charge in [-0.2, -0.15) is 0 Å². The van der Waals surface area contributed by atoms with Crippen LogP contribution in [0.15, 0.2) is 33.9 Å². The van der Waals surface area contributed by atoms with Gasteiger partial charge in [-0.1, -0.05) is 23.7 Å². The number of rotatable bonds is 2. The van der Waals surface area contributed by atoms with E-state index in [1.807, 2.05) is 6.92 Å². The fourth-order valence-electron chi connectivity index (χ4n) is 2.30. The number of benzene rings is 1. The SMILES string of the molecule is CC1(n2c(=O)[nH]c(Cl)c(-c3cccc(F)c3)c2=O)CC1. The minimum Gasteiger partial charge on any atom is -0.297 e. The Hall–Kier alpha value is -1.88. The molecule has 3 rings (SSSR count). The van der Waals surface area contributed by atoms with E-state index in [2.05, 4.69) is 4.98 Å². The van der Waals surface area contributed by atoms with Crippen molar-refractivity contribution in [2.45, 2.75) is 25.3 Å². The fourth-order valence-corrected chi connectivity index (χ4v) is 2.57. The standard InChI is InChI=1S/C14H12ClFN2O2/c1-14(5-6-14)18-12(19)10(11(15)17-13(18)20)8-3-2-4-9(16)7-8/h2-4,7H,5-6H2,1H3,(H,17,20). The summed E-state index contributed by atoms with van der Waals surface area (Å²) < 4.78 is 14.5. The van der Waals surface area contributed by atoms with Crippen LogP contribution in [0.2, 0.25) is 5.15 Å². The predicted molar refractivity (Wildman–Crippen MR) is 74.6 cm³/mol. The maximum absolute atomic E-state index is 13.3. The van der Waals surface area contributed by atoms with Crippen LogP contribution >= 0.6 is 11.6 Å². The Morgan fingerprint density at radius 2 is 2.05 bits per heavy atom. The number of aromatic nitrogens is 2. The summed E-state index contributed by atoms with van der Waals surface area (Å²) >= 11 is 5.97. The van der Waals surface area contributed by atoms with Crippen LogP contribution in [0.25, 0.3) is 11.1 Å². The lowest BCUT2D eigenvalue weighted by Gasteiger charge is -2.14. The molecule has 0 atom stereocenters. The smallest absolute Gasteiger partial charge is 0.297 e. The van der Waals surface area contributed by atoms with Gasteiger partial charge in [-0.3, -0.25) is 14.3 Å². The Labute approximate surface area is 118 Å². The van der Waals surface area contributed by atoms with E-state index in [1.165, 1.54) is 22.8 Å². The largest absolute Gasteiger partial charge is 0.330 e. The normalized spacial score (nSPS) is 16.1. The number of hydrogen-bond donors (Lipinski definition) is 1. The summed E-state index contributed by atoms with van der Waals surface area (Å²) in [6.45, 7) is 1.84. The summed E-state index contributed by atoms with van der Waals surface area (Å²) in [5.41, 5.74) is -0.991. The van der Waals surface area contributed by atoms with E-state index >= 15 is 0 Å². The maximum Gasteiger partial charge on any atom is 0.330 e. The predicted octanol–water partition coefficient (Wildman–Crippen LogP) is 2.51. The van der Waals surface area contributed by atoms with Crippen molar-refractivity contribution in [1.82, 2.24) is 9.55 Å². The van der Waals surface area contributed by atoms with E-state index in [1.54, 1.807) is 6.07 Å². The summed E-state index contributed by atoms with van der Waals surface area (Å²) in [6, 6.07) is 5.59. The highest BCUT2D eigenvalue weighted by Gasteiger charge is 2.42. The van der Waals surface area contributed by atoms with E-state index in [-0.39, 0.29) is 10.7 Å². The third-order valence-corrected chi connectivity index (χ3v) is 3.97. The molecule has 0 spiro atoms. The first-order chi connectivity index (χ1) is 9.42. The minimum atomic E-state index is -0.528. The van der Waals surface area contributed by atoms with Crippen LogP contribution < -0.4 is 11.2 Å². The number of aromatic amines is 1. The summed E-state index contributed by atoms with van der Waals surface area (Å²) in [5.74, 6) is -0.464. The molecule has 0 saturated heterocycles. The molecule has 1 fully saturated rings. The molecule has 6 heteroatoms. The molecular weight excluding hydrogens is 283 g/mol. The Morgan fingerprint density at radius 3 is 2.65 bits per heavy atom. The van der Waals surface area contributed by atoms with Gasteiger partial charge in [-0.05, 0) is 37.5 Å². The molecule has 1 aliphatic carbocycles. The van der Waals surface area contributed by atoms with Crippen molar-refractivity contribution in [3.8, 4) is 11.1 Å². The first-order valence-corrected chi connectivity index (χ1v) is 6.61. The lowest BCUT2D eigenvalue weighted by atomic mass is 10.1. The summed E-state index contributed by atoms with van der Waals surface area (Å²) in [5, 5.41) is -0.0638. The highest BCUT2D eigenvalue weighted by Crippen LogP contribution is 2.41. The van der Waals surface area contributed by atoms with Crippen LogP contribution in [-0.2, 0) is 5.54 Å². The molecule has 1 aromatic heterocycles. The van der Waals surface area contributed by atoms with Crippen molar-refractivity contribution in [1.29, 1.82) is 0 Å². The second kappa shape index (κ2) is 4.31. The van der Waals surface area contributed by atoms with Gasteiger partial charge in [-0.15, -0.1) is 0 Å². The second-order valence-corrected chi connectivity index (χ2v) is 5.64. The highest BCUT2D eigenvalue weighted by molar-refractivity contribution is 6.32. The number of halogens is 2. The van der Waals surface area contributed by atoms with Crippen molar-refractivity contribution < 1.29 is 4.39 Å². The third kappa shape index (κ3) is 1.98. The molecule has 0 amide bonds. The van der Waals surface area contributed by atoms with Crippen LogP contribution in [0.3, 0.4) is 0 Å². The van der Waals surface area contributed by atoms with Crippen LogP contribution in [0.5, 0.6) is 0 Å². The molecule has 20 heavy (non-hydrogen) atoms. The van der Waals surface area contributed by atoms with Crippen molar-refractivity contribution in [2.75, 3.05) is 0 Å². The molecule has 0 unspecified atom stereocenters. The molecule has 0 radical (unpaired) electrons. The lowest BCUT2D eigenvalue weighted by Crippen LogP contribution is -2.41. The minimum absolute atomic E-state index is 0.0638. The fraction of sp³-hybridized carbons (Fsp3) is 0.286.